The summed E-state index contributed by atoms with van der Waals surface area (Å²) in [6.07, 6.45) is 5.04. The van der Waals surface area contributed by atoms with Crippen LogP contribution in [0.1, 0.15) is 36.9 Å². The summed E-state index contributed by atoms with van der Waals surface area (Å²) >= 11 is 0. The zero-order valence-corrected chi connectivity index (χ0v) is 17.8. The molecule has 2 saturated heterocycles. The number of likely N-dealkylation sites (tertiary alicyclic amines) is 1. The number of ether oxygens (including phenoxy) is 1. The van der Waals surface area contributed by atoms with E-state index >= 15 is 0 Å². The van der Waals surface area contributed by atoms with Crippen molar-refractivity contribution in [1.82, 2.24) is 14.9 Å². The number of rotatable bonds is 6. The highest BCUT2D eigenvalue weighted by Gasteiger charge is 2.44. The van der Waals surface area contributed by atoms with Gasteiger partial charge in [0.05, 0.1) is 18.8 Å². The van der Waals surface area contributed by atoms with Crippen molar-refractivity contribution >= 4 is 11.8 Å². The molecule has 1 aromatic carbocycles. The number of aliphatic carboxylic acids is 1. The maximum Gasteiger partial charge on any atom is 0.317 e. The van der Waals surface area contributed by atoms with Gasteiger partial charge in [0, 0.05) is 35.6 Å². The van der Waals surface area contributed by atoms with Gasteiger partial charge in [-0.15, -0.1) is 0 Å². The van der Waals surface area contributed by atoms with Gasteiger partial charge in [-0.3, -0.25) is 9.69 Å². The van der Waals surface area contributed by atoms with Crippen LogP contribution >= 0.6 is 0 Å². The van der Waals surface area contributed by atoms with E-state index in [1.807, 2.05) is 23.1 Å². The van der Waals surface area contributed by atoms with Gasteiger partial charge < -0.3 is 15.2 Å². The van der Waals surface area contributed by atoms with Gasteiger partial charge in [-0.25, -0.2) is 9.97 Å². The van der Waals surface area contributed by atoms with E-state index in [4.69, 9.17) is 19.8 Å². The predicted molar refractivity (Wildman–Crippen MR) is 118 cm³/mol. The van der Waals surface area contributed by atoms with Gasteiger partial charge >= 0.3 is 5.97 Å². The molecule has 3 aliphatic rings. The highest BCUT2D eigenvalue weighted by molar-refractivity contribution is 5.69. The summed E-state index contributed by atoms with van der Waals surface area (Å²) in [6.45, 7) is 4.26. The standard InChI is InChI=1S/C24H30N4O3/c29-20(30)15-28-11-9-24(10-12-28)8-6-19-21(24)26-22(18-4-2-1-3-5-18)27-23(19)25-14-17-7-13-31-16-17/h1-5,17H,6-16H2,(H,29,30)(H,25,26,27). The second-order valence-electron chi connectivity index (χ2n) is 9.15. The zero-order valence-electron chi connectivity index (χ0n) is 17.8. The van der Waals surface area contributed by atoms with Crippen molar-refractivity contribution in [1.29, 1.82) is 0 Å². The minimum absolute atomic E-state index is 0.0315. The van der Waals surface area contributed by atoms with Gasteiger partial charge in [0.1, 0.15) is 5.82 Å². The van der Waals surface area contributed by atoms with Crippen molar-refractivity contribution in [2.24, 2.45) is 5.92 Å². The van der Waals surface area contributed by atoms with Gasteiger partial charge in [-0.05, 0) is 45.2 Å². The first-order valence-electron chi connectivity index (χ1n) is 11.4. The number of nitrogens with one attached hydrogen (secondary N) is 1. The Bertz CT molecular complexity index is 935. The Morgan fingerprint density at radius 3 is 2.71 bits per heavy atom. The molecule has 7 nitrogen and oxygen atoms in total. The van der Waals surface area contributed by atoms with E-state index in [0.717, 1.165) is 82.2 Å². The van der Waals surface area contributed by atoms with E-state index < -0.39 is 5.97 Å². The van der Waals surface area contributed by atoms with Crippen LogP contribution in [-0.4, -0.2) is 65.3 Å². The fraction of sp³-hybridized carbons (Fsp3) is 0.542. The normalized spacial score (nSPS) is 22.5. The number of nitrogens with zero attached hydrogens (tertiary/aromatic N) is 3. The number of carboxylic acids is 1. The third kappa shape index (κ3) is 4.16. The van der Waals surface area contributed by atoms with Crippen LogP contribution in [0.15, 0.2) is 30.3 Å². The van der Waals surface area contributed by atoms with Crippen LogP contribution in [0.5, 0.6) is 0 Å². The lowest BCUT2D eigenvalue weighted by Gasteiger charge is -2.39. The van der Waals surface area contributed by atoms with Gasteiger partial charge in [-0.2, -0.15) is 0 Å². The Morgan fingerprint density at radius 1 is 1.19 bits per heavy atom. The molecule has 1 aliphatic carbocycles. The number of aromatic nitrogens is 2. The Morgan fingerprint density at radius 2 is 2.00 bits per heavy atom. The summed E-state index contributed by atoms with van der Waals surface area (Å²) in [5, 5.41) is 12.8. The number of fused-ring (bicyclic) bond motifs is 2. The van der Waals surface area contributed by atoms with E-state index in [-0.39, 0.29) is 12.0 Å². The average molecular weight is 423 g/mol. The number of carbonyl (C=O) groups is 1. The second-order valence-corrected chi connectivity index (χ2v) is 9.15. The molecule has 1 aromatic heterocycles. The first kappa shape index (κ1) is 20.4. The third-order valence-corrected chi connectivity index (χ3v) is 7.15. The molecule has 0 amide bonds. The lowest BCUT2D eigenvalue weighted by atomic mass is 9.76. The fourth-order valence-corrected chi connectivity index (χ4v) is 5.31. The first-order chi connectivity index (χ1) is 15.1. The summed E-state index contributed by atoms with van der Waals surface area (Å²) in [6, 6.07) is 10.2. The predicted octanol–water partition coefficient (Wildman–Crippen LogP) is 2.96. The number of hydrogen-bond acceptors (Lipinski definition) is 6. The van der Waals surface area contributed by atoms with Crippen LogP contribution in [0, 0.1) is 5.92 Å². The largest absolute Gasteiger partial charge is 0.480 e. The van der Waals surface area contributed by atoms with Gasteiger partial charge in [0.15, 0.2) is 5.82 Å². The number of benzene rings is 1. The monoisotopic (exact) mass is 422 g/mol. The SMILES string of the molecule is O=C(O)CN1CCC2(CCc3c(NCC4CCOC4)nc(-c4ccccc4)nc32)CC1. The molecule has 2 fully saturated rings. The van der Waals surface area contributed by atoms with E-state index in [9.17, 15) is 4.79 Å². The smallest absolute Gasteiger partial charge is 0.317 e. The van der Waals surface area contributed by atoms with Crippen molar-refractivity contribution in [3.05, 3.63) is 41.6 Å². The van der Waals surface area contributed by atoms with E-state index in [1.165, 1.54) is 11.3 Å². The number of carboxylic acid groups (broad SMARTS) is 1. The van der Waals surface area contributed by atoms with Crippen molar-refractivity contribution in [3.63, 3.8) is 0 Å². The molecule has 2 N–H and O–H groups in total. The Balaban J connectivity index is 1.46. The van der Waals surface area contributed by atoms with Crippen LogP contribution in [0.4, 0.5) is 5.82 Å². The number of hydrogen-bond donors (Lipinski definition) is 2. The molecule has 7 heteroatoms. The minimum atomic E-state index is -0.751. The molecule has 1 unspecified atom stereocenters. The molecule has 2 aliphatic heterocycles. The molecule has 31 heavy (non-hydrogen) atoms. The summed E-state index contributed by atoms with van der Waals surface area (Å²) in [5.74, 6) is 1.53. The summed E-state index contributed by atoms with van der Waals surface area (Å²) < 4.78 is 5.54. The van der Waals surface area contributed by atoms with Crippen molar-refractivity contribution in [2.75, 3.05) is 44.7 Å². The Hall–Kier alpha value is -2.51. The van der Waals surface area contributed by atoms with Crippen molar-refractivity contribution in [3.8, 4) is 11.4 Å². The Labute approximate surface area is 182 Å². The van der Waals surface area contributed by atoms with Crippen LogP contribution < -0.4 is 5.32 Å². The lowest BCUT2D eigenvalue weighted by Crippen LogP contribution is -2.43. The second kappa shape index (κ2) is 8.55. The molecule has 3 heterocycles. The molecular formula is C24H30N4O3. The van der Waals surface area contributed by atoms with Gasteiger partial charge in [-0.1, -0.05) is 30.3 Å². The molecular weight excluding hydrogens is 392 g/mol. The maximum absolute atomic E-state index is 11.1. The van der Waals surface area contributed by atoms with Gasteiger partial charge in [0.25, 0.3) is 0 Å². The van der Waals surface area contributed by atoms with Gasteiger partial charge in [0.2, 0.25) is 0 Å². The highest BCUT2D eigenvalue weighted by Crippen LogP contribution is 2.47. The molecule has 5 rings (SSSR count). The van der Waals surface area contributed by atoms with Crippen molar-refractivity contribution < 1.29 is 14.6 Å². The number of anilines is 1. The zero-order chi connectivity index (χ0) is 21.3. The van der Waals surface area contributed by atoms with Crippen LogP contribution in [0.3, 0.4) is 0 Å². The van der Waals surface area contributed by atoms with E-state index in [1.54, 1.807) is 0 Å². The summed E-state index contributed by atoms with van der Waals surface area (Å²) in [5.41, 5.74) is 3.50. The average Bonchev–Trinajstić information content (AvgIpc) is 3.43. The maximum atomic E-state index is 11.1. The lowest BCUT2D eigenvalue weighted by molar-refractivity contribution is -0.138. The van der Waals surface area contributed by atoms with Crippen LogP contribution in [0.2, 0.25) is 0 Å². The molecule has 1 atom stereocenters. The Kier molecular flexibility index (Phi) is 5.63. The van der Waals surface area contributed by atoms with E-state index in [0.29, 0.717) is 5.92 Å². The summed E-state index contributed by atoms with van der Waals surface area (Å²) in [4.78, 5) is 23.2. The number of piperidine rings is 1. The molecule has 0 radical (unpaired) electrons. The molecule has 164 valence electrons. The van der Waals surface area contributed by atoms with E-state index in [2.05, 4.69) is 17.4 Å². The quantitative estimate of drug-likeness (QED) is 0.740. The van der Waals surface area contributed by atoms with Crippen LogP contribution in [-0.2, 0) is 21.4 Å². The molecule has 2 aromatic rings. The van der Waals surface area contributed by atoms with Crippen LogP contribution in [0.25, 0.3) is 11.4 Å². The topological polar surface area (TPSA) is 87.6 Å². The minimum Gasteiger partial charge on any atom is -0.480 e. The highest BCUT2D eigenvalue weighted by atomic mass is 16.5. The summed E-state index contributed by atoms with van der Waals surface area (Å²) in [7, 11) is 0. The molecule has 1 spiro atoms. The third-order valence-electron chi connectivity index (χ3n) is 7.15. The molecule has 0 bridgehead atoms. The first-order valence-corrected chi connectivity index (χ1v) is 11.4. The molecule has 0 saturated carbocycles. The van der Waals surface area contributed by atoms with Crippen molar-refractivity contribution in [2.45, 2.75) is 37.5 Å². The fourth-order valence-electron chi connectivity index (χ4n) is 5.31.